The van der Waals surface area contributed by atoms with Crippen LogP contribution in [0.2, 0.25) is 5.02 Å². The third-order valence-corrected chi connectivity index (χ3v) is 5.08. The van der Waals surface area contributed by atoms with Gasteiger partial charge in [0.1, 0.15) is 12.4 Å². The average molecular weight is 428 g/mol. The molecule has 0 aliphatic carbocycles. The number of imidazole rings is 1. The normalized spacial score (nSPS) is 11.1. The van der Waals surface area contributed by atoms with Crippen molar-refractivity contribution in [1.29, 1.82) is 0 Å². The van der Waals surface area contributed by atoms with Crippen molar-refractivity contribution in [2.75, 3.05) is 6.26 Å². The van der Waals surface area contributed by atoms with Gasteiger partial charge in [0.2, 0.25) is 17.6 Å². The van der Waals surface area contributed by atoms with E-state index in [-0.39, 0.29) is 19.0 Å². The predicted octanol–water partition coefficient (Wildman–Crippen LogP) is 3.92. The van der Waals surface area contributed by atoms with Gasteiger partial charge in [0, 0.05) is 10.6 Å². The monoisotopic (exact) mass is 427 g/mol. The maximum atomic E-state index is 12.5. The first-order valence-electron chi connectivity index (χ1n) is 8.92. The van der Waals surface area contributed by atoms with Crippen molar-refractivity contribution in [2.45, 2.75) is 18.8 Å². The molecule has 9 heteroatoms. The summed E-state index contributed by atoms with van der Waals surface area (Å²) in [6.45, 7) is 0.322. The number of nitrogens with one attached hydrogen (secondary N) is 1. The number of thioether (sulfide) groups is 1. The first-order chi connectivity index (χ1) is 14.1. The summed E-state index contributed by atoms with van der Waals surface area (Å²) in [5.74, 6) is 2.20. The van der Waals surface area contributed by atoms with Gasteiger partial charge in [0.25, 0.3) is 0 Å². The van der Waals surface area contributed by atoms with E-state index in [0.717, 1.165) is 28.2 Å². The zero-order valence-corrected chi connectivity index (χ0v) is 17.2. The van der Waals surface area contributed by atoms with Crippen LogP contribution in [0.4, 0.5) is 0 Å². The Morgan fingerprint density at radius 2 is 2.07 bits per heavy atom. The Labute approximate surface area is 176 Å². The molecule has 0 unspecified atom stereocenters. The lowest BCUT2D eigenvalue weighted by molar-refractivity contribution is -0.121. The van der Waals surface area contributed by atoms with Crippen molar-refractivity contribution < 1.29 is 9.32 Å². The molecule has 0 spiro atoms. The number of nitrogens with zero attached hydrogens (tertiary/aromatic N) is 4. The van der Waals surface area contributed by atoms with Crippen LogP contribution in [0, 0.1) is 0 Å². The fraction of sp³-hybridized carbons (Fsp3) is 0.200. The van der Waals surface area contributed by atoms with Crippen molar-refractivity contribution >= 4 is 40.3 Å². The van der Waals surface area contributed by atoms with Gasteiger partial charge in [-0.1, -0.05) is 41.0 Å². The molecular formula is C20H18ClN5O2S. The summed E-state index contributed by atoms with van der Waals surface area (Å²) in [5, 5.41) is 7.37. The molecular weight excluding hydrogens is 410 g/mol. The van der Waals surface area contributed by atoms with Crippen LogP contribution in [0.3, 0.4) is 0 Å². The molecule has 0 radical (unpaired) electrons. The molecule has 7 nitrogen and oxygen atoms in total. The molecule has 0 atom stereocenters. The lowest BCUT2D eigenvalue weighted by Gasteiger charge is -2.08. The lowest BCUT2D eigenvalue weighted by atomic mass is 10.2. The standard InChI is InChI=1S/C20H18ClN5O2S/c1-29-12-17-23-15-7-2-3-8-16(15)26(17)11-18(27)22-10-19-24-20(25-28-19)13-5-4-6-14(21)9-13/h2-9H,10-12H2,1H3,(H,22,27). The van der Waals surface area contributed by atoms with Gasteiger partial charge in [-0.25, -0.2) is 4.98 Å². The third-order valence-electron chi connectivity index (χ3n) is 4.30. The van der Waals surface area contributed by atoms with Crippen LogP contribution in [-0.4, -0.2) is 31.9 Å². The summed E-state index contributed by atoms with van der Waals surface area (Å²) in [6.07, 6.45) is 2.01. The molecule has 4 aromatic rings. The van der Waals surface area contributed by atoms with Crippen molar-refractivity contribution in [1.82, 2.24) is 25.0 Å². The van der Waals surface area contributed by atoms with E-state index >= 15 is 0 Å². The Morgan fingerprint density at radius 1 is 1.21 bits per heavy atom. The summed E-state index contributed by atoms with van der Waals surface area (Å²) in [7, 11) is 0. The molecule has 4 rings (SSSR count). The van der Waals surface area contributed by atoms with Crippen LogP contribution in [0.1, 0.15) is 11.7 Å². The molecule has 0 aliphatic heterocycles. The Bertz CT molecular complexity index is 1160. The zero-order valence-electron chi connectivity index (χ0n) is 15.6. The van der Waals surface area contributed by atoms with E-state index in [4.69, 9.17) is 16.1 Å². The number of aromatic nitrogens is 4. The molecule has 1 N–H and O–H groups in total. The molecule has 0 bridgehead atoms. The first-order valence-corrected chi connectivity index (χ1v) is 10.7. The molecule has 29 heavy (non-hydrogen) atoms. The first kappa shape index (κ1) is 19.5. The largest absolute Gasteiger partial charge is 0.345 e. The van der Waals surface area contributed by atoms with Gasteiger partial charge in [-0.2, -0.15) is 16.7 Å². The number of carbonyl (C=O) groups excluding carboxylic acids is 1. The minimum absolute atomic E-state index is 0.150. The van der Waals surface area contributed by atoms with Crippen LogP contribution in [0.15, 0.2) is 53.1 Å². The SMILES string of the molecule is CSCc1nc2ccccc2n1CC(=O)NCc1nc(-c2cccc(Cl)c2)no1. The van der Waals surface area contributed by atoms with Gasteiger partial charge < -0.3 is 14.4 Å². The van der Waals surface area contributed by atoms with Gasteiger partial charge in [-0.3, -0.25) is 4.79 Å². The number of carbonyl (C=O) groups is 1. The molecule has 148 valence electrons. The highest BCUT2D eigenvalue weighted by atomic mass is 35.5. The number of hydrogen-bond acceptors (Lipinski definition) is 6. The van der Waals surface area contributed by atoms with E-state index in [1.807, 2.05) is 47.2 Å². The highest BCUT2D eigenvalue weighted by Crippen LogP contribution is 2.20. The van der Waals surface area contributed by atoms with E-state index in [2.05, 4.69) is 20.4 Å². The molecule has 0 fully saturated rings. The lowest BCUT2D eigenvalue weighted by Crippen LogP contribution is -2.27. The van der Waals surface area contributed by atoms with Gasteiger partial charge in [-0.15, -0.1) is 0 Å². The Hall–Kier alpha value is -2.84. The molecule has 0 saturated heterocycles. The maximum Gasteiger partial charge on any atom is 0.246 e. The smallest absolute Gasteiger partial charge is 0.246 e. The van der Waals surface area contributed by atoms with Crippen molar-refractivity contribution in [3.63, 3.8) is 0 Å². The van der Waals surface area contributed by atoms with E-state index in [0.29, 0.717) is 16.7 Å². The number of para-hydroxylation sites is 2. The van der Waals surface area contributed by atoms with E-state index in [9.17, 15) is 4.79 Å². The number of benzene rings is 2. The molecule has 1 amide bonds. The summed E-state index contributed by atoms with van der Waals surface area (Å²) >= 11 is 7.66. The van der Waals surface area contributed by atoms with Crippen molar-refractivity contribution in [2.24, 2.45) is 0 Å². The minimum Gasteiger partial charge on any atom is -0.345 e. The minimum atomic E-state index is -0.155. The quantitative estimate of drug-likeness (QED) is 0.481. The molecule has 0 aliphatic rings. The predicted molar refractivity (Wildman–Crippen MR) is 114 cm³/mol. The van der Waals surface area contributed by atoms with E-state index < -0.39 is 0 Å². The highest BCUT2D eigenvalue weighted by molar-refractivity contribution is 7.97. The van der Waals surface area contributed by atoms with Crippen molar-refractivity contribution in [3.8, 4) is 11.4 Å². The van der Waals surface area contributed by atoms with Gasteiger partial charge >= 0.3 is 0 Å². The fourth-order valence-corrected chi connectivity index (χ4v) is 3.66. The van der Waals surface area contributed by atoms with Gasteiger partial charge in [-0.05, 0) is 30.5 Å². The molecule has 2 aromatic heterocycles. The third kappa shape index (κ3) is 4.44. The Morgan fingerprint density at radius 3 is 2.90 bits per heavy atom. The summed E-state index contributed by atoms with van der Waals surface area (Å²) in [4.78, 5) is 21.5. The fourth-order valence-electron chi connectivity index (χ4n) is 2.99. The van der Waals surface area contributed by atoms with Crippen LogP contribution >= 0.6 is 23.4 Å². The Kier molecular flexibility index (Phi) is 5.82. The molecule has 2 aromatic carbocycles. The van der Waals surface area contributed by atoms with Gasteiger partial charge in [0.05, 0.1) is 23.3 Å². The number of hydrogen-bond donors (Lipinski definition) is 1. The number of amides is 1. The zero-order chi connectivity index (χ0) is 20.2. The van der Waals surface area contributed by atoms with E-state index in [1.165, 1.54) is 0 Å². The number of fused-ring (bicyclic) bond motifs is 1. The Balaban J connectivity index is 1.44. The highest BCUT2D eigenvalue weighted by Gasteiger charge is 2.14. The maximum absolute atomic E-state index is 12.5. The summed E-state index contributed by atoms with van der Waals surface area (Å²) in [6, 6.07) is 15.0. The summed E-state index contributed by atoms with van der Waals surface area (Å²) < 4.78 is 7.17. The molecule has 2 heterocycles. The van der Waals surface area contributed by atoms with E-state index in [1.54, 1.807) is 23.9 Å². The van der Waals surface area contributed by atoms with Crippen LogP contribution in [0.25, 0.3) is 22.4 Å². The van der Waals surface area contributed by atoms with Crippen LogP contribution < -0.4 is 5.32 Å². The van der Waals surface area contributed by atoms with Crippen molar-refractivity contribution in [3.05, 3.63) is 65.3 Å². The second kappa shape index (κ2) is 8.67. The second-order valence-electron chi connectivity index (χ2n) is 6.33. The average Bonchev–Trinajstić information content (AvgIpc) is 3.32. The molecule has 0 saturated carbocycles. The number of halogens is 1. The number of rotatable bonds is 7. The van der Waals surface area contributed by atoms with Crippen LogP contribution in [-0.2, 0) is 23.6 Å². The van der Waals surface area contributed by atoms with Crippen LogP contribution in [0.5, 0.6) is 0 Å². The second-order valence-corrected chi connectivity index (χ2v) is 7.64. The van der Waals surface area contributed by atoms with Gasteiger partial charge in [0.15, 0.2) is 0 Å². The summed E-state index contributed by atoms with van der Waals surface area (Å²) in [5.41, 5.74) is 2.57. The topological polar surface area (TPSA) is 85.8 Å².